The van der Waals surface area contributed by atoms with Crippen LogP contribution in [0.15, 0.2) is 30.3 Å². The summed E-state index contributed by atoms with van der Waals surface area (Å²) in [6.07, 6.45) is 0. The predicted molar refractivity (Wildman–Crippen MR) is 112 cm³/mol. The van der Waals surface area contributed by atoms with Gasteiger partial charge >= 0.3 is 5.97 Å². The minimum absolute atomic E-state index is 0.0907. The van der Waals surface area contributed by atoms with Crippen molar-refractivity contribution in [2.45, 2.75) is 27.3 Å². The molecule has 30 heavy (non-hydrogen) atoms. The van der Waals surface area contributed by atoms with Crippen molar-refractivity contribution in [1.82, 2.24) is 20.1 Å². The van der Waals surface area contributed by atoms with Crippen LogP contribution in [0.1, 0.15) is 43.3 Å². The van der Waals surface area contributed by atoms with E-state index >= 15 is 0 Å². The van der Waals surface area contributed by atoms with Gasteiger partial charge in [0.05, 0.1) is 22.1 Å². The fraction of sp³-hybridized carbons (Fsp3) is 0.250. The zero-order chi connectivity index (χ0) is 21.8. The average Bonchev–Trinajstić information content (AvgIpc) is 3.30. The monoisotopic (exact) mass is 446 g/mol. The van der Waals surface area contributed by atoms with Crippen molar-refractivity contribution >= 4 is 40.6 Å². The molecule has 0 aliphatic carbocycles. The van der Waals surface area contributed by atoms with Gasteiger partial charge in [-0.25, -0.2) is 14.5 Å². The van der Waals surface area contributed by atoms with Crippen molar-refractivity contribution in [3.63, 3.8) is 0 Å². The number of carbonyl (C=O) groups excluding carboxylic acids is 3. The fourth-order valence-corrected chi connectivity index (χ4v) is 3.71. The molecule has 0 saturated carbocycles. The van der Waals surface area contributed by atoms with Crippen molar-refractivity contribution in [1.29, 1.82) is 0 Å². The number of aryl methyl sites for hydroxylation is 2. The first-order chi connectivity index (χ1) is 14.2. The Morgan fingerprint density at radius 1 is 1.20 bits per heavy atom. The number of carbonyl (C=O) groups is 3. The molecule has 0 spiro atoms. The molecule has 1 amide bonds. The normalized spacial score (nSPS) is 10.7. The number of hydrogen-bond donors (Lipinski definition) is 1. The predicted octanol–water partition coefficient (Wildman–Crippen LogP) is 3.27. The molecule has 10 heteroatoms. The van der Waals surface area contributed by atoms with E-state index in [1.807, 2.05) is 19.9 Å². The van der Waals surface area contributed by atoms with E-state index < -0.39 is 12.6 Å². The molecule has 0 saturated heterocycles. The molecule has 0 fully saturated rings. The topological polar surface area (TPSA) is 103 Å². The molecule has 1 N–H and O–H groups in total. The summed E-state index contributed by atoms with van der Waals surface area (Å²) in [4.78, 5) is 41.3. The van der Waals surface area contributed by atoms with Gasteiger partial charge in [0.2, 0.25) is 11.7 Å². The van der Waals surface area contributed by atoms with Gasteiger partial charge in [0.1, 0.15) is 0 Å². The number of hydrogen-bond acceptors (Lipinski definition) is 7. The molecule has 156 valence electrons. The summed E-state index contributed by atoms with van der Waals surface area (Å²) in [5, 5.41) is 7.11. The molecule has 0 unspecified atom stereocenters. The van der Waals surface area contributed by atoms with E-state index in [4.69, 9.17) is 16.3 Å². The number of Topliss-reactive ketones (excluding diaryl/α,β-unsaturated/α-hetero) is 1. The summed E-state index contributed by atoms with van der Waals surface area (Å²) in [7, 11) is 0. The lowest BCUT2D eigenvalue weighted by molar-refractivity contribution is -0.119. The highest BCUT2D eigenvalue weighted by Gasteiger charge is 2.19. The Kier molecular flexibility index (Phi) is 6.63. The minimum atomic E-state index is -0.799. The molecule has 0 aliphatic heterocycles. The van der Waals surface area contributed by atoms with Crippen LogP contribution < -0.4 is 5.32 Å². The number of amides is 1. The summed E-state index contributed by atoms with van der Waals surface area (Å²) >= 11 is 7.34. The Morgan fingerprint density at radius 2 is 1.97 bits per heavy atom. The maximum Gasteiger partial charge on any atom is 0.359 e. The first kappa shape index (κ1) is 21.7. The smallest absolute Gasteiger partial charge is 0.359 e. The highest BCUT2D eigenvalue weighted by atomic mass is 35.5. The molecule has 3 aromatic heterocycles. The third-order valence-corrected chi connectivity index (χ3v) is 5.46. The molecule has 3 rings (SSSR count). The second-order valence-corrected chi connectivity index (χ2v) is 8.09. The van der Waals surface area contributed by atoms with E-state index in [0.717, 1.165) is 16.3 Å². The van der Waals surface area contributed by atoms with Gasteiger partial charge in [-0.1, -0.05) is 11.6 Å². The number of nitrogens with one attached hydrogen (secondary N) is 1. The van der Waals surface area contributed by atoms with Crippen LogP contribution in [0.5, 0.6) is 0 Å². The lowest BCUT2D eigenvalue weighted by Gasteiger charge is -2.08. The van der Waals surface area contributed by atoms with Crippen LogP contribution in [-0.2, 0) is 16.1 Å². The standard InChI is InChI=1S/C20H19ClN4O4S/c1-11-8-12(2)25(24-11)18-7-5-15(21)19(23-18)20(28)29-10-16(27)17-6-4-14(30-17)9-22-13(3)26/h4-8H,9-10H2,1-3H3,(H,22,26). The number of nitrogens with zero attached hydrogens (tertiary/aromatic N) is 3. The van der Waals surface area contributed by atoms with E-state index in [9.17, 15) is 14.4 Å². The van der Waals surface area contributed by atoms with Gasteiger partial charge in [0.25, 0.3) is 0 Å². The summed E-state index contributed by atoms with van der Waals surface area (Å²) in [5.41, 5.74) is 1.57. The Bertz CT molecular complexity index is 1120. The van der Waals surface area contributed by atoms with Crippen molar-refractivity contribution in [2.75, 3.05) is 6.61 Å². The molecule has 0 radical (unpaired) electrons. The molecule has 0 bridgehead atoms. The number of rotatable bonds is 7. The summed E-state index contributed by atoms with van der Waals surface area (Å²) in [6, 6.07) is 8.44. The van der Waals surface area contributed by atoms with Crippen molar-refractivity contribution < 1.29 is 19.1 Å². The summed E-state index contributed by atoms with van der Waals surface area (Å²) in [5.74, 6) is -0.888. The number of ether oxygens (including phenoxy) is 1. The minimum Gasteiger partial charge on any atom is -0.452 e. The molecule has 0 atom stereocenters. The van der Waals surface area contributed by atoms with Crippen LogP contribution in [-0.4, -0.2) is 39.0 Å². The molecular weight excluding hydrogens is 428 g/mol. The molecule has 3 heterocycles. The van der Waals surface area contributed by atoms with Gasteiger partial charge in [-0.05, 0) is 44.2 Å². The zero-order valence-electron chi connectivity index (χ0n) is 16.6. The third-order valence-electron chi connectivity index (χ3n) is 4.03. The molecule has 0 aromatic carbocycles. The van der Waals surface area contributed by atoms with Crippen LogP contribution in [0, 0.1) is 13.8 Å². The largest absolute Gasteiger partial charge is 0.452 e. The Labute approximate surface area is 181 Å². The third kappa shape index (κ3) is 5.11. The zero-order valence-corrected chi connectivity index (χ0v) is 18.1. The van der Waals surface area contributed by atoms with Gasteiger partial charge in [0, 0.05) is 17.5 Å². The van der Waals surface area contributed by atoms with Crippen LogP contribution in [0.25, 0.3) is 5.82 Å². The number of thiophene rings is 1. The fourth-order valence-electron chi connectivity index (χ4n) is 2.66. The summed E-state index contributed by atoms with van der Waals surface area (Å²) < 4.78 is 6.72. The first-order valence-corrected chi connectivity index (χ1v) is 10.2. The van der Waals surface area contributed by atoms with E-state index in [1.165, 1.54) is 24.3 Å². The maximum atomic E-state index is 12.5. The quantitative estimate of drug-likeness (QED) is 0.441. The average molecular weight is 447 g/mol. The Balaban J connectivity index is 1.67. The molecule has 0 aliphatic rings. The van der Waals surface area contributed by atoms with E-state index in [2.05, 4.69) is 15.4 Å². The van der Waals surface area contributed by atoms with Crippen LogP contribution in [0.4, 0.5) is 0 Å². The number of halogens is 1. The van der Waals surface area contributed by atoms with Gasteiger partial charge in [-0.3, -0.25) is 9.59 Å². The Hall–Kier alpha value is -3.04. The number of ketones is 1. The van der Waals surface area contributed by atoms with Crippen LogP contribution >= 0.6 is 22.9 Å². The maximum absolute atomic E-state index is 12.5. The van der Waals surface area contributed by atoms with Crippen molar-refractivity contribution in [2.24, 2.45) is 0 Å². The number of esters is 1. The van der Waals surface area contributed by atoms with Gasteiger partial charge in [-0.2, -0.15) is 5.10 Å². The second-order valence-electron chi connectivity index (χ2n) is 6.51. The van der Waals surface area contributed by atoms with Gasteiger partial charge in [0.15, 0.2) is 18.1 Å². The number of aromatic nitrogens is 3. The van der Waals surface area contributed by atoms with Gasteiger partial charge in [-0.15, -0.1) is 11.3 Å². The van der Waals surface area contributed by atoms with Crippen LogP contribution in [0.2, 0.25) is 5.02 Å². The van der Waals surface area contributed by atoms with Crippen molar-refractivity contribution in [3.05, 3.63) is 62.2 Å². The van der Waals surface area contributed by atoms with E-state index in [0.29, 0.717) is 17.2 Å². The summed E-state index contributed by atoms with van der Waals surface area (Å²) in [6.45, 7) is 5.04. The lowest BCUT2D eigenvalue weighted by atomic mass is 10.3. The molecular formula is C20H19ClN4O4S. The first-order valence-electron chi connectivity index (χ1n) is 8.98. The highest BCUT2D eigenvalue weighted by molar-refractivity contribution is 7.14. The lowest BCUT2D eigenvalue weighted by Crippen LogP contribution is -2.18. The second kappa shape index (κ2) is 9.19. The van der Waals surface area contributed by atoms with E-state index in [1.54, 1.807) is 22.9 Å². The Morgan fingerprint density at radius 3 is 2.63 bits per heavy atom. The van der Waals surface area contributed by atoms with Crippen molar-refractivity contribution in [3.8, 4) is 5.82 Å². The van der Waals surface area contributed by atoms with E-state index in [-0.39, 0.29) is 22.4 Å². The SMILES string of the molecule is CC(=O)NCc1ccc(C(=O)COC(=O)c2nc(-n3nc(C)cc3C)ccc2Cl)s1. The number of pyridine rings is 1. The molecule has 8 nitrogen and oxygen atoms in total. The van der Waals surface area contributed by atoms with Crippen LogP contribution in [0.3, 0.4) is 0 Å². The highest BCUT2D eigenvalue weighted by Crippen LogP contribution is 2.20. The van der Waals surface area contributed by atoms with Gasteiger partial charge < -0.3 is 10.1 Å². The molecule has 3 aromatic rings.